The molecule has 6 rings (SSSR count). The summed E-state index contributed by atoms with van der Waals surface area (Å²) >= 11 is 0. The van der Waals surface area contributed by atoms with Crippen molar-refractivity contribution >= 4 is 18.0 Å². The fraction of sp³-hybridized carbons (Fsp3) is 0.370. The first-order valence-electron chi connectivity index (χ1n) is 11.9. The molecule has 2 fully saturated rings. The maximum Gasteiger partial charge on any atom is 0.410 e. The maximum absolute atomic E-state index is 13.6. The Balaban J connectivity index is 1.24. The fourth-order valence-electron chi connectivity index (χ4n) is 6.29. The van der Waals surface area contributed by atoms with Crippen LogP contribution in [-0.2, 0) is 14.3 Å². The highest BCUT2D eigenvalue weighted by molar-refractivity contribution is 5.97. The number of carboxylic acids is 1. The molecule has 2 saturated heterocycles. The maximum atomic E-state index is 13.6. The number of rotatable bonds is 3. The largest absolute Gasteiger partial charge is 0.480 e. The van der Waals surface area contributed by atoms with Gasteiger partial charge in [0.15, 0.2) is 0 Å². The number of aliphatic carboxylic acids is 1. The Kier molecular flexibility index (Phi) is 4.76. The zero-order chi connectivity index (χ0) is 23.4. The Bertz CT molecular complexity index is 1180. The van der Waals surface area contributed by atoms with Gasteiger partial charge in [0, 0.05) is 12.5 Å². The van der Waals surface area contributed by atoms with Crippen LogP contribution < -0.4 is 0 Å². The van der Waals surface area contributed by atoms with Crippen LogP contribution in [0.1, 0.15) is 42.7 Å². The van der Waals surface area contributed by atoms with Crippen molar-refractivity contribution in [2.24, 2.45) is 0 Å². The summed E-state index contributed by atoms with van der Waals surface area (Å²) in [5.74, 6) is -1.35. The quantitative estimate of drug-likeness (QED) is 0.708. The van der Waals surface area contributed by atoms with E-state index < -0.39 is 23.6 Å². The molecule has 1 spiro atoms. The zero-order valence-corrected chi connectivity index (χ0v) is 18.7. The van der Waals surface area contributed by atoms with E-state index in [9.17, 15) is 19.5 Å². The second-order valence-corrected chi connectivity index (χ2v) is 9.55. The summed E-state index contributed by atoms with van der Waals surface area (Å²) in [5.41, 5.74) is 3.41. The molecular weight excluding hydrogens is 432 g/mol. The predicted molar refractivity (Wildman–Crippen MR) is 124 cm³/mol. The Morgan fingerprint density at radius 2 is 1.71 bits per heavy atom. The zero-order valence-electron chi connectivity index (χ0n) is 18.7. The molecule has 3 aliphatic heterocycles. The lowest BCUT2D eigenvalue weighted by Crippen LogP contribution is -2.62. The van der Waals surface area contributed by atoms with Crippen LogP contribution in [0.4, 0.5) is 4.79 Å². The highest BCUT2D eigenvalue weighted by Crippen LogP contribution is 2.45. The van der Waals surface area contributed by atoms with Crippen molar-refractivity contribution in [2.45, 2.75) is 49.2 Å². The standard InChI is InChI=1S/C27H26N2O5/c30-24(31)23-11-10-17-12-14-27(25(32)29(17)23)13-5-15-28(27)26(33)34-16-22-20-8-3-1-6-18(20)19-7-2-4-9-21(19)22/h1-4,6-9,12,14,17,22-23H,5,10-11,13,15-16H2,(H,30,31)/t17-,23-,27+/m0/s1. The molecule has 0 unspecified atom stereocenters. The number of likely N-dealkylation sites (tertiary alicyclic amines) is 1. The number of hydrogen-bond acceptors (Lipinski definition) is 4. The van der Waals surface area contributed by atoms with Crippen LogP contribution in [0.25, 0.3) is 11.1 Å². The van der Waals surface area contributed by atoms with E-state index in [1.807, 2.05) is 36.4 Å². The number of carbonyl (C=O) groups is 3. The molecule has 3 atom stereocenters. The Labute approximate surface area is 197 Å². The van der Waals surface area contributed by atoms with Gasteiger partial charge >= 0.3 is 12.1 Å². The van der Waals surface area contributed by atoms with Gasteiger partial charge in [-0.1, -0.05) is 60.7 Å². The smallest absolute Gasteiger partial charge is 0.410 e. The van der Waals surface area contributed by atoms with Crippen molar-refractivity contribution in [1.82, 2.24) is 9.80 Å². The van der Waals surface area contributed by atoms with E-state index in [2.05, 4.69) is 24.3 Å². The van der Waals surface area contributed by atoms with E-state index in [4.69, 9.17) is 4.74 Å². The van der Waals surface area contributed by atoms with Gasteiger partial charge in [-0.05, 0) is 47.9 Å². The van der Waals surface area contributed by atoms with Crippen molar-refractivity contribution in [3.8, 4) is 11.1 Å². The monoisotopic (exact) mass is 458 g/mol. The van der Waals surface area contributed by atoms with Crippen LogP contribution in [-0.4, -0.2) is 63.7 Å². The molecule has 0 radical (unpaired) electrons. The first-order chi connectivity index (χ1) is 16.5. The minimum absolute atomic E-state index is 0.0631. The number of ether oxygens (including phenoxy) is 1. The second-order valence-electron chi connectivity index (χ2n) is 9.55. The molecule has 34 heavy (non-hydrogen) atoms. The third-order valence-corrected chi connectivity index (χ3v) is 7.89. The van der Waals surface area contributed by atoms with Gasteiger partial charge in [-0.25, -0.2) is 9.59 Å². The molecule has 2 amide bonds. The molecule has 7 heteroatoms. The third kappa shape index (κ3) is 2.92. The molecule has 2 aromatic carbocycles. The summed E-state index contributed by atoms with van der Waals surface area (Å²) in [6, 6.07) is 15.2. The van der Waals surface area contributed by atoms with E-state index in [-0.39, 0.29) is 24.5 Å². The second kappa shape index (κ2) is 7.72. The molecular formula is C27H26N2O5. The third-order valence-electron chi connectivity index (χ3n) is 7.89. The van der Waals surface area contributed by atoms with Crippen molar-refractivity contribution in [3.05, 3.63) is 71.8 Å². The molecule has 0 saturated carbocycles. The van der Waals surface area contributed by atoms with E-state index in [0.717, 1.165) is 22.3 Å². The topological polar surface area (TPSA) is 87.1 Å². The predicted octanol–water partition coefficient (Wildman–Crippen LogP) is 3.78. The van der Waals surface area contributed by atoms with Crippen molar-refractivity contribution in [1.29, 1.82) is 0 Å². The molecule has 0 aromatic heterocycles. The first kappa shape index (κ1) is 21.0. The lowest BCUT2D eigenvalue weighted by molar-refractivity contribution is -0.153. The number of benzene rings is 2. The minimum atomic E-state index is -1.16. The molecule has 7 nitrogen and oxygen atoms in total. The summed E-state index contributed by atoms with van der Waals surface area (Å²) in [6.07, 6.45) is 5.38. The van der Waals surface area contributed by atoms with Gasteiger partial charge in [0.2, 0.25) is 0 Å². The van der Waals surface area contributed by atoms with Crippen molar-refractivity contribution < 1.29 is 24.2 Å². The van der Waals surface area contributed by atoms with Crippen molar-refractivity contribution in [2.75, 3.05) is 13.2 Å². The van der Waals surface area contributed by atoms with Crippen LogP contribution in [0.3, 0.4) is 0 Å². The summed E-state index contributed by atoms with van der Waals surface area (Å²) in [6.45, 7) is 0.588. The Hall–Kier alpha value is -3.61. The van der Waals surface area contributed by atoms with Gasteiger partial charge in [0.25, 0.3) is 5.91 Å². The minimum Gasteiger partial charge on any atom is -0.480 e. The number of amides is 2. The number of carbonyl (C=O) groups excluding carboxylic acids is 2. The highest BCUT2D eigenvalue weighted by atomic mass is 16.6. The number of hydrogen-bond donors (Lipinski definition) is 1. The molecule has 0 bridgehead atoms. The molecule has 1 aliphatic carbocycles. The van der Waals surface area contributed by atoms with E-state index >= 15 is 0 Å². The van der Waals surface area contributed by atoms with Crippen LogP contribution in [0.5, 0.6) is 0 Å². The van der Waals surface area contributed by atoms with Gasteiger partial charge < -0.3 is 14.7 Å². The summed E-state index contributed by atoms with van der Waals surface area (Å²) in [4.78, 5) is 41.7. The van der Waals surface area contributed by atoms with E-state index in [1.54, 1.807) is 0 Å². The first-order valence-corrected chi connectivity index (χ1v) is 11.9. The average molecular weight is 459 g/mol. The van der Waals surface area contributed by atoms with Crippen molar-refractivity contribution in [3.63, 3.8) is 0 Å². The molecule has 2 aromatic rings. The van der Waals surface area contributed by atoms with Gasteiger partial charge in [-0.3, -0.25) is 9.69 Å². The van der Waals surface area contributed by atoms with Gasteiger partial charge in [-0.15, -0.1) is 0 Å². The van der Waals surface area contributed by atoms with Gasteiger partial charge in [0.1, 0.15) is 18.2 Å². The summed E-state index contributed by atoms with van der Waals surface area (Å²) in [5, 5.41) is 9.62. The fourth-order valence-corrected chi connectivity index (χ4v) is 6.29. The highest BCUT2D eigenvalue weighted by Gasteiger charge is 2.56. The summed E-state index contributed by atoms with van der Waals surface area (Å²) < 4.78 is 5.85. The lowest BCUT2D eigenvalue weighted by Gasteiger charge is -2.42. The molecule has 4 aliphatic rings. The van der Waals surface area contributed by atoms with Gasteiger partial charge in [0.05, 0.1) is 6.04 Å². The molecule has 3 heterocycles. The van der Waals surface area contributed by atoms with E-state index in [1.165, 1.54) is 9.80 Å². The van der Waals surface area contributed by atoms with E-state index in [0.29, 0.717) is 32.2 Å². The van der Waals surface area contributed by atoms with Crippen LogP contribution in [0.2, 0.25) is 0 Å². The SMILES string of the molecule is O=C(O)[C@@H]1CC[C@H]2C=C[C@]3(CCCN3C(=O)OCC3c4ccccc4-c4ccccc43)C(=O)N21. The molecule has 1 N–H and O–H groups in total. The number of carboxylic acid groups (broad SMARTS) is 1. The number of nitrogens with zero attached hydrogens (tertiary/aromatic N) is 2. The average Bonchev–Trinajstić information content (AvgIpc) is 3.55. The normalized spacial score (nSPS) is 27.1. The Morgan fingerprint density at radius 1 is 1.03 bits per heavy atom. The van der Waals surface area contributed by atoms with Crippen LogP contribution >= 0.6 is 0 Å². The summed E-state index contributed by atoms with van der Waals surface area (Å²) in [7, 11) is 0. The lowest BCUT2D eigenvalue weighted by atomic mass is 9.89. The van der Waals surface area contributed by atoms with Crippen LogP contribution in [0, 0.1) is 0 Å². The van der Waals surface area contributed by atoms with Crippen LogP contribution in [0.15, 0.2) is 60.7 Å². The van der Waals surface area contributed by atoms with Gasteiger partial charge in [-0.2, -0.15) is 0 Å². The molecule has 174 valence electrons. The Morgan fingerprint density at radius 3 is 2.38 bits per heavy atom. The number of fused-ring (bicyclic) bond motifs is 4.